The molecule has 4 N–H and O–H groups in total. The Balaban J connectivity index is 2.64. The number of hydrogen-bond donors (Lipinski definition) is 2. The van der Waals surface area contributed by atoms with Crippen molar-refractivity contribution in [2.45, 2.75) is 26.3 Å². The van der Waals surface area contributed by atoms with Crippen LogP contribution in [0, 0.1) is 5.41 Å². The molecule has 0 saturated heterocycles. The van der Waals surface area contributed by atoms with Crippen LogP contribution in [0.5, 0.6) is 0 Å². The molecule has 1 unspecified atom stereocenters. The Morgan fingerprint density at radius 1 is 1.50 bits per heavy atom. The molecule has 0 fully saturated rings. The summed E-state index contributed by atoms with van der Waals surface area (Å²) in [7, 11) is 0. The lowest BCUT2D eigenvalue weighted by molar-refractivity contribution is 0.317. The molecule has 0 aliphatic heterocycles. The summed E-state index contributed by atoms with van der Waals surface area (Å²) in [4.78, 5) is 4.05. The lowest BCUT2D eigenvalue weighted by Crippen LogP contribution is -2.28. The summed E-state index contributed by atoms with van der Waals surface area (Å²) in [6.45, 7) is 4.91. The van der Waals surface area contributed by atoms with Gasteiger partial charge in [0, 0.05) is 18.4 Å². The Kier molecular flexibility index (Phi) is 3.61. The van der Waals surface area contributed by atoms with Crippen LogP contribution in [0.15, 0.2) is 24.5 Å². The Hall–Kier alpha value is -0.930. The largest absolute Gasteiger partial charge is 0.330 e. The van der Waals surface area contributed by atoms with Gasteiger partial charge in [0.1, 0.15) is 0 Å². The first-order chi connectivity index (χ1) is 6.55. The van der Waals surface area contributed by atoms with Gasteiger partial charge in [-0.2, -0.15) is 0 Å². The highest BCUT2D eigenvalue weighted by molar-refractivity contribution is 5.13. The van der Waals surface area contributed by atoms with Gasteiger partial charge in [-0.05, 0) is 30.0 Å². The summed E-state index contributed by atoms with van der Waals surface area (Å²) in [5.41, 5.74) is 12.9. The van der Waals surface area contributed by atoms with E-state index in [-0.39, 0.29) is 11.5 Å². The van der Waals surface area contributed by atoms with Crippen molar-refractivity contribution < 1.29 is 0 Å². The van der Waals surface area contributed by atoms with Crippen molar-refractivity contribution in [3.8, 4) is 0 Å². The molecule has 1 rings (SSSR count). The third-order valence-corrected chi connectivity index (χ3v) is 2.44. The predicted molar refractivity (Wildman–Crippen MR) is 58.6 cm³/mol. The molecule has 0 bridgehead atoms. The van der Waals surface area contributed by atoms with E-state index in [1.807, 2.05) is 18.3 Å². The third-order valence-electron chi connectivity index (χ3n) is 2.44. The van der Waals surface area contributed by atoms with Crippen molar-refractivity contribution in [2.75, 3.05) is 6.54 Å². The molecule has 3 nitrogen and oxygen atoms in total. The number of hydrogen-bond acceptors (Lipinski definition) is 3. The fourth-order valence-corrected chi connectivity index (χ4v) is 1.39. The second-order valence-corrected chi connectivity index (χ2v) is 4.47. The van der Waals surface area contributed by atoms with Crippen molar-refractivity contribution in [1.29, 1.82) is 0 Å². The molecule has 1 aromatic heterocycles. The molecule has 0 aromatic carbocycles. The van der Waals surface area contributed by atoms with Crippen molar-refractivity contribution in [3.63, 3.8) is 0 Å². The topological polar surface area (TPSA) is 64.9 Å². The molecule has 3 heteroatoms. The van der Waals surface area contributed by atoms with E-state index in [0.29, 0.717) is 6.54 Å². The molecule has 0 spiro atoms. The highest BCUT2D eigenvalue weighted by atomic mass is 14.7. The highest BCUT2D eigenvalue weighted by Gasteiger charge is 2.20. The van der Waals surface area contributed by atoms with Crippen LogP contribution in [0.4, 0.5) is 0 Å². The van der Waals surface area contributed by atoms with E-state index in [2.05, 4.69) is 18.8 Å². The minimum absolute atomic E-state index is 0.0299. The van der Waals surface area contributed by atoms with Gasteiger partial charge in [-0.25, -0.2) is 0 Å². The molecule has 0 radical (unpaired) electrons. The average Bonchev–Trinajstić information content (AvgIpc) is 2.19. The van der Waals surface area contributed by atoms with Crippen molar-refractivity contribution in [2.24, 2.45) is 16.9 Å². The van der Waals surface area contributed by atoms with Crippen LogP contribution in [0.3, 0.4) is 0 Å². The minimum Gasteiger partial charge on any atom is -0.330 e. The quantitative estimate of drug-likeness (QED) is 0.760. The molecule has 0 aliphatic rings. The Bertz CT molecular complexity index is 269. The van der Waals surface area contributed by atoms with Crippen molar-refractivity contribution >= 4 is 0 Å². The fraction of sp³-hybridized carbons (Fsp3) is 0.545. The summed E-state index contributed by atoms with van der Waals surface area (Å²) in [6, 6.07) is 3.94. The van der Waals surface area contributed by atoms with Crippen LogP contribution in [-0.4, -0.2) is 11.5 Å². The first-order valence-electron chi connectivity index (χ1n) is 4.91. The summed E-state index contributed by atoms with van der Waals surface area (Å²) in [5, 5.41) is 0. The van der Waals surface area contributed by atoms with E-state index in [1.54, 1.807) is 6.20 Å². The van der Waals surface area contributed by atoms with Gasteiger partial charge in [-0.15, -0.1) is 0 Å². The Morgan fingerprint density at radius 3 is 2.71 bits per heavy atom. The third kappa shape index (κ3) is 3.09. The van der Waals surface area contributed by atoms with E-state index >= 15 is 0 Å². The van der Waals surface area contributed by atoms with E-state index in [1.165, 1.54) is 0 Å². The summed E-state index contributed by atoms with van der Waals surface area (Å²) in [6.07, 6.45) is 4.46. The molecule has 78 valence electrons. The average molecular weight is 193 g/mol. The zero-order chi connectivity index (χ0) is 10.6. The molecule has 0 amide bonds. The predicted octanol–water partition coefficient (Wildman–Crippen LogP) is 1.46. The smallest absolute Gasteiger partial charge is 0.0315 e. The standard InChI is InChI=1S/C11H19N3/c1-11(2,8-12)6-10(13)9-4-3-5-14-7-9/h3-5,7,10H,6,8,12-13H2,1-2H3. The fourth-order valence-electron chi connectivity index (χ4n) is 1.39. The maximum atomic E-state index is 6.06. The van der Waals surface area contributed by atoms with Gasteiger partial charge in [0.25, 0.3) is 0 Å². The normalized spacial score (nSPS) is 14.0. The summed E-state index contributed by atoms with van der Waals surface area (Å²) < 4.78 is 0. The first kappa shape index (κ1) is 11.1. The number of nitrogens with two attached hydrogens (primary N) is 2. The molecule has 14 heavy (non-hydrogen) atoms. The van der Waals surface area contributed by atoms with Crippen LogP contribution in [-0.2, 0) is 0 Å². The van der Waals surface area contributed by atoms with Crippen LogP contribution in [0.25, 0.3) is 0 Å². The molecule has 0 saturated carbocycles. The highest BCUT2D eigenvalue weighted by Crippen LogP contribution is 2.26. The second-order valence-electron chi connectivity index (χ2n) is 4.47. The zero-order valence-electron chi connectivity index (χ0n) is 8.90. The molecular formula is C11H19N3. The molecular weight excluding hydrogens is 174 g/mol. The molecule has 1 heterocycles. The number of pyridine rings is 1. The summed E-state index contributed by atoms with van der Waals surface area (Å²) >= 11 is 0. The van der Waals surface area contributed by atoms with Gasteiger partial charge in [-0.1, -0.05) is 19.9 Å². The Morgan fingerprint density at radius 2 is 2.21 bits per heavy atom. The van der Waals surface area contributed by atoms with E-state index in [4.69, 9.17) is 11.5 Å². The van der Waals surface area contributed by atoms with Gasteiger partial charge in [-0.3, -0.25) is 4.98 Å². The molecule has 0 aliphatic carbocycles. The van der Waals surface area contributed by atoms with Crippen LogP contribution in [0.2, 0.25) is 0 Å². The zero-order valence-corrected chi connectivity index (χ0v) is 8.90. The van der Waals surface area contributed by atoms with E-state index < -0.39 is 0 Å². The van der Waals surface area contributed by atoms with E-state index in [0.717, 1.165) is 12.0 Å². The number of aromatic nitrogens is 1. The lowest BCUT2D eigenvalue weighted by atomic mass is 9.84. The maximum Gasteiger partial charge on any atom is 0.0315 e. The molecule has 1 aromatic rings. The minimum atomic E-state index is 0.0299. The van der Waals surface area contributed by atoms with E-state index in [9.17, 15) is 0 Å². The van der Waals surface area contributed by atoms with Crippen molar-refractivity contribution in [1.82, 2.24) is 4.98 Å². The Labute approximate surface area is 85.5 Å². The van der Waals surface area contributed by atoms with Gasteiger partial charge >= 0.3 is 0 Å². The van der Waals surface area contributed by atoms with Crippen LogP contribution >= 0.6 is 0 Å². The number of nitrogens with zero attached hydrogens (tertiary/aromatic N) is 1. The first-order valence-corrected chi connectivity index (χ1v) is 4.91. The second kappa shape index (κ2) is 4.53. The summed E-state index contributed by atoms with van der Waals surface area (Å²) in [5.74, 6) is 0. The maximum absolute atomic E-state index is 6.06. The SMILES string of the molecule is CC(C)(CN)CC(N)c1cccnc1. The van der Waals surface area contributed by atoms with Crippen LogP contribution < -0.4 is 11.5 Å². The monoisotopic (exact) mass is 193 g/mol. The number of rotatable bonds is 4. The van der Waals surface area contributed by atoms with Gasteiger partial charge in [0.15, 0.2) is 0 Å². The lowest BCUT2D eigenvalue weighted by Gasteiger charge is -2.26. The van der Waals surface area contributed by atoms with Gasteiger partial charge < -0.3 is 11.5 Å². The molecule has 1 atom stereocenters. The van der Waals surface area contributed by atoms with Gasteiger partial charge in [0.05, 0.1) is 0 Å². The van der Waals surface area contributed by atoms with Gasteiger partial charge in [0.2, 0.25) is 0 Å². The van der Waals surface area contributed by atoms with Crippen LogP contribution in [0.1, 0.15) is 31.9 Å². The van der Waals surface area contributed by atoms with Crippen molar-refractivity contribution in [3.05, 3.63) is 30.1 Å².